The Kier molecular flexibility index (Phi) is 6.90. The first-order chi connectivity index (χ1) is 14.0. The van der Waals surface area contributed by atoms with Crippen molar-refractivity contribution in [1.29, 1.82) is 0 Å². The number of carbonyl (C=O) groups excluding carboxylic acids is 2. The summed E-state index contributed by atoms with van der Waals surface area (Å²) in [6, 6.07) is 15.1. The van der Waals surface area contributed by atoms with Gasteiger partial charge in [-0.15, -0.1) is 0 Å². The number of ether oxygens (including phenoxy) is 2. The molecule has 0 bridgehead atoms. The van der Waals surface area contributed by atoms with Crippen LogP contribution in [-0.4, -0.2) is 34.8 Å². The Balaban J connectivity index is 1.77. The molecule has 0 aliphatic carbocycles. The summed E-state index contributed by atoms with van der Waals surface area (Å²) in [4.78, 5) is 24.9. The van der Waals surface area contributed by atoms with Gasteiger partial charge < -0.3 is 19.4 Å². The lowest BCUT2D eigenvalue weighted by Gasteiger charge is -2.14. The van der Waals surface area contributed by atoms with E-state index in [9.17, 15) is 14.7 Å². The van der Waals surface area contributed by atoms with Gasteiger partial charge in [-0.1, -0.05) is 60.4 Å². The zero-order valence-corrected chi connectivity index (χ0v) is 17.3. The van der Waals surface area contributed by atoms with Crippen LogP contribution < -0.4 is 14.6 Å². The maximum atomic E-state index is 12.5. The zero-order valence-electron chi connectivity index (χ0n) is 15.6. The molecule has 1 saturated heterocycles. The molecule has 2 aromatic rings. The number of nitrogens with zero attached hydrogens (tertiary/aromatic N) is 1. The van der Waals surface area contributed by atoms with Gasteiger partial charge in [0.25, 0.3) is 5.91 Å². The number of thiocarbonyl (C=S) groups is 1. The quantitative estimate of drug-likeness (QED) is 0.472. The minimum Gasteiger partial charge on any atom is -0.550 e. The van der Waals surface area contributed by atoms with Gasteiger partial charge in [0.2, 0.25) is 0 Å². The van der Waals surface area contributed by atoms with E-state index in [1.165, 1.54) is 4.90 Å². The van der Waals surface area contributed by atoms with E-state index in [0.29, 0.717) is 27.3 Å². The summed E-state index contributed by atoms with van der Waals surface area (Å²) in [5.41, 5.74) is 1.77. The lowest BCUT2D eigenvalue weighted by Crippen LogP contribution is -2.33. The first-order valence-corrected chi connectivity index (χ1v) is 10.0. The second-order valence-corrected chi connectivity index (χ2v) is 7.82. The van der Waals surface area contributed by atoms with Gasteiger partial charge in [-0.25, -0.2) is 0 Å². The van der Waals surface area contributed by atoms with Gasteiger partial charge >= 0.3 is 0 Å². The van der Waals surface area contributed by atoms with Crippen LogP contribution in [0.3, 0.4) is 0 Å². The van der Waals surface area contributed by atoms with Gasteiger partial charge in [-0.2, -0.15) is 0 Å². The smallest absolute Gasteiger partial charge is 0.266 e. The lowest BCUT2D eigenvalue weighted by molar-refractivity contribution is -0.305. The topological polar surface area (TPSA) is 78.9 Å². The number of carbonyl (C=O) groups is 2. The first-order valence-electron chi connectivity index (χ1n) is 8.78. The molecule has 1 amide bonds. The minimum atomic E-state index is -1.22. The number of methoxy groups -OCH3 is 1. The maximum Gasteiger partial charge on any atom is 0.266 e. The Labute approximate surface area is 178 Å². The summed E-state index contributed by atoms with van der Waals surface area (Å²) in [7, 11) is 1.56. The maximum absolute atomic E-state index is 12.5. The molecule has 0 radical (unpaired) electrons. The van der Waals surface area contributed by atoms with Crippen LogP contribution in [0.25, 0.3) is 6.08 Å². The second-order valence-electron chi connectivity index (χ2n) is 6.14. The number of carboxylic acids is 1. The highest BCUT2D eigenvalue weighted by Crippen LogP contribution is 2.35. The summed E-state index contributed by atoms with van der Waals surface area (Å²) in [6.45, 7) is 0.379. The van der Waals surface area contributed by atoms with Crippen molar-refractivity contribution in [3.63, 3.8) is 0 Å². The van der Waals surface area contributed by atoms with Gasteiger partial charge in [-0.3, -0.25) is 9.69 Å². The van der Waals surface area contributed by atoms with Crippen molar-refractivity contribution in [2.45, 2.75) is 13.0 Å². The molecule has 1 aliphatic rings. The predicted molar refractivity (Wildman–Crippen MR) is 113 cm³/mol. The van der Waals surface area contributed by atoms with Gasteiger partial charge in [0.1, 0.15) is 10.9 Å². The highest BCUT2D eigenvalue weighted by atomic mass is 32.2. The average Bonchev–Trinajstić information content (AvgIpc) is 2.98. The van der Waals surface area contributed by atoms with Crippen LogP contribution >= 0.6 is 24.0 Å². The first kappa shape index (κ1) is 20.9. The summed E-state index contributed by atoms with van der Waals surface area (Å²) in [5.74, 6) is -0.403. The van der Waals surface area contributed by atoms with E-state index in [1.807, 2.05) is 36.4 Å². The summed E-state index contributed by atoms with van der Waals surface area (Å²) >= 11 is 6.33. The van der Waals surface area contributed by atoms with E-state index in [4.69, 9.17) is 21.7 Å². The van der Waals surface area contributed by atoms with E-state index in [2.05, 4.69) is 0 Å². The number of aliphatic carboxylic acids is 1. The lowest BCUT2D eigenvalue weighted by atomic mass is 10.1. The number of carboxylic acid groups (broad SMARTS) is 1. The molecule has 1 aliphatic heterocycles. The molecule has 3 rings (SSSR count). The summed E-state index contributed by atoms with van der Waals surface area (Å²) in [5, 5.41) is 10.7. The number of amides is 1. The predicted octanol–water partition coefficient (Wildman–Crippen LogP) is 2.62. The van der Waals surface area contributed by atoms with Crippen molar-refractivity contribution >= 4 is 46.3 Å². The summed E-state index contributed by atoms with van der Waals surface area (Å²) < 4.78 is 11.6. The highest BCUT2D eigenvalue weighted by Gasteiger charge is 2.31. The molecule has 150 valence electrons. The van der Waals surface area contributed by atoms with E-state index in [-0.39, 0.29) is 18.9 Å². The van der Waals surface area contributed by atoms with E-state index >= 15 is 0 Å². The molecule has 0 atom stereocenters. The normalized spacial score (nSPS) is 15.1. The Morgan fingerprint density at radius 2 is 1.97 bits per heavy atom. The number of hydrogen-bond acceptors (Lipinski definition) is 7. The third kappa shape index (κ3) is 5.36. The van der Waals surface area contributed by atoms with E-state index in [0.717, 1.165) is 22.9 Å². The van der Waals surface area contributed by atoms with Crippen LogP contribution in [0.4, 0.5) is 0 Å². The second kappa shape index (κ2) is 9.58. The SMILES string of the molecule is COc1ccc(/C=C2\SC(=S)N(CCC(=O)[O-])C2=O)cc1OCc1ccccc1. The fourth-order valence-corrected chi connectivity index (χ4v) is 3.99. The van der Waals surface area contributed by atoms with Gasteiger partial charge in [0.05, 0.1) is 12.0 Å². The van der Waals surface area contributed by atoms with Crippen molar-refractivity contribution in [2.24, 2.45) is 0 Å². The number of benzene rings is 2. The minimum absolute atomic E-state index is 0.00160. The van der Waals surface area contributed by atoms with E-state index < -0.39 is 5.97 Å². The third-order valence-electron chi connectivity index (χ3n) is 4.14. The zero-order chi connectivity index (χ0) is 20.8. The number of rotatable bonds is 8. The van der Waals surface area contributed by atoms with Crippen LogP contribution in [0.2, 0.25) is 0 Å². The Bertz CT molecular complexity index is 959. The van der Waals surface area contributed by atoms with Crippen LogP contribution in [0, 0.1) is 0 Å². The van der Waals surface area contributed by atoms with Crippen LogP contribution in [-0.2, 0) is 16.2 Å². The summed E-state index contributed by atoms with van der Waals surface area (Å²) in [6.07, 6.45) is 1.44. The van der Waals surface area contributed by atoms with Crippen molar-refractivity contribution in [3.8, 4) is 11.5 Å². The van der Waals surface area contributed by atoms with Crippen LogP contribution in [0.15, 0.2) is 53.4 Å². The molecule has 1 heterocycles. The van der Waals surface area contributed by atoms with E-state index in [1.54, 1.807) is 25.3 Å². The van der Waals surface area contributed by atoms with Crippen molar-refractivity contribution < 1.29 is 24.2 Å². The van der Waals surface area contributed by atoms with Gasteiger partial charge in [0.15, 0.2) is 11.5 Å². The molecular formula is C21H18NO5S2-. The monoisotopic (exact) mass is 428 g/mol. The highest BCUT2D eigenvalue weighted by molar-refractivity contribution is 8.26. The Morgan fingerprint density at radius 3 is 2.66 bits per heavy atom. The molecule has 0 spiro atoms. The Morgan fingerprint density at radius 1 is 1.21 bits per heavy atom. The Hall–Kier alpha value is -2.84. The van der Waals surface area contributed by atoms with Crippen molar-refractivity contribution in [3.05, 3.63) is 64.6 Å². The van der Waals surface area contributed by atoms with Crippen LogP contribution in [0.1, 0.15) is 17.5 Å². The van der Waals surface area contributed by atoms with Gasteiger partial charge in [-0.05, 0) is 29.3 Å². The van der Waals surface area contributed by atoms with Crippen molar-refractivity contribution in [1.82, 2.24) is 4.90 Å². The molecule has 0 saturated carbocycles. The fourth-order valence-electron chi connectivity index (χ4n) is 2.68. The largest absolute Gasteiger partial charge is 0.550 e. The van der Waals surface area contributed by atoms with Gasteiger partial charge in [0, 0.05) is 18.9 Å². The molecule has 0 unspecified atom stereocenters. The van der Waals surface area contributed by atoms with Crippen molar-refractivity contribution in [2.75, 3.05) is 13.7 Å². The number of hydrogen-bond donors (Lipinski definition) is 0. The standard InChI is InChI=1S/C21H19NO5S2/c1-26-16-8-7-15(11-17(16)27-13-14-5-3-2-4-6-14)12-18-20(25)22(21(28)29-18)10-9-19(23)24/h2-8,11-12H,9-10,13H2,1H3,(H,23,24)/p-1/b18-12-. The molecule has 0 aromatic heterocycles. The number of thioether (sulfide) groups is 1. The fraction of sp³-hybridized carbons (Fsp3) is 0.190. The third-order valence-corrected chi connectivity index (χ3v) is 5.51. The molecule has 1 fully saturated rings. The molecule has 8 heteroatoms. The molecule has 2 aromatic carbocycles. The average molecular weight is 429 g/mol. The molecule has 6 nitrogen and oxygen atoms in total. The molecule has 0 N–H and O–H groups in total. The molecule has 29 heavy (non-hydrogen) atoms. The molecular weight excluding hydrogens is 410 g/mol. The van der Waals surface area contributed by atoms with Crippen LogP contribution in [0.5, 0.6) is 11.5 Å².